The van der Waals surface area contributed by atoms with Gasteiger partial charge in [0.05, 0.1) is 0 Å². The van der Waals surface area contributed by atoms with Gasteiger partial charge in [-0.25, -0.2) is 4.98 Å². The molecular formula is C12H18N4S. The van der Waals surface area contributed by atoms with Crippen molar-refractivity contribution in [2.45, 2.75) is 32.2 Å². The second-order valence-electron chi connectivity index (χ2n) is 3.97. The summed E-state index contributed by atoms with van der Waals surface area (Å²) in [6.45, 7) is 3.23. The van der Waals surface area contributed by atoms with Gasteiger partial charge in [-0.1, -0.05) is 13.0 Å². The predicted molar refractivity (Wildman–Crippen MR) is 70.1 cm³/mol. The molecule has 4 nitrogen and oxygen atoms in total. The van der Waals surface area contributed by atoms with Gasteiger partial charge >= 0.3 is 0 Å². The molecule has 1 unspecified atom stereocenters. The fourth-order valence-electron chi connectivity index (χ4n) is 1.82. The second-order valence-corrected chi connectivity index (χ2v) is 4.95. The van der Waals surface area contributed by atoms with Gasteiger partial charge in [0, 0.05) is 17.3 Å². The number of rotatable bonds is 7. The highest BCUT2D eigenvalue weighted by Gasteiger charge is 2.08. The zero-order valence-electron chi connectivity index (χ0n) is 10.0. The Morgan fingerprint density at radius 2 is 2.47 bits per heavy atom. The fraction of sp³-hybridized carbons (Fsp3) is 0.500. The molecule has 17 heavy (non-hydrogen) atoms. The van der Waals surface area contributed by atoms with Crippen LogP contribution in [0.25, 0.3) is 0 Å². The molecule has 0 aliphatic heterocycles. The second kappa shape index (κ2) is 6.51. The van der Waals surface area contributed by atoms with Gasteiger partial charge in [0.25, 0.3) is 0 Å². The summed E-state index contributed by atoms with van der Waals surface area (Å²) >= 11 is 1.82. The van der Waals surface area contributed by atoms with E-state index in [1.807, 2.05) is 11.3 Å². The van der Waals surface area contributed by atoms with Crippen LogP contribution >= 0.6 is 11.3 Å². The monoisotopic (exact) mass is 250 g/mol. The van der Waals surface area contributed by atoms with Crippen molar-refractivity contribution in [2.24, 2.45) is 0 Å². The van der Waals surface area contributed by atoms with Crippen LogP contribution in [0.1, 0.15) is 36.5 Å². The van der Waals surface area contributed by atoms with Crippen LogP contribution in [0, 0.1) is 0 Å². The number of aryl methyl sites for hydroxylation is 1. The highest BCUT2D eigenvalue weighted by molar-refractivity contribution is 7.10. The molecule has 0 aliphatic carbocycles. The molecule has 2 N–H and O–H groups in total. The van der Waals surface area contributed by atoms with Crippen molar-refractivity contribution in [3.05, 3.63) is 34.5 Å². The molecule has 0 amide bonds. The SMILES string of the molecule is CCC(NCCCc1ncn[nH]1)c1cccs1. The molecule has 0 aromatic carbocycles. The minimum atomic E-state index is 0.490. The Morgan fingerprint density at radius 3 is 3.12 bits per heavy atom. The van der Waals surface area contributed by atoms with Crippen LogP contribution in [0.15, 0.2) is 23.8 Å². The highest BCUT2D eigenvalue weighted by Crippen LogP contribution is 2.21. The standard InChI is InChI=1S/C12H18N4S/c1-2-10(11-5-4-8-17-11)13-7-3-6-12-14-9-15-16-12/h4-5,8-10,13H,2-3,6-7H2,1H3,(H,14,15,16). The Bertz CT molecular complexity index is 396. The number of aromatic amines is 1. The first-order chi connectivity index (χ1) is 8.40. The molecule has 0 bridgehead atoms. The Morgan fingerprint density at radius 1 is 1.53 bits per heavy atom. The maximum absolute atomic E-state index is 4.11. The smallest absolute Gasteiger partial charge is 0.137 e. The van der Waals surface area contributed by atoms with Gasteiger partial charge in [0.1, 0.15) is 12.2 Å². The predicted octanol–water partition coefficient (Wildman–Crippen LogP) is 2.54. The minimum absolute atomic E-state index is 0.490. The van der Waals surface area contributed by atoms with E-state index >= 15 is 0 Å². The van der Waals surface area contributed by atoms with Gasteiger partial charge in [-0.05, 0) is 30.8 Å². The summed E-state index contributed by atoms with van der Waals surface area (Å²) < 4.78 is 0. The molecule has 0 fully saturated rings. The van der Waals surface area contributed by atoms with Gasteiger partial charge in [-0.3, -0.25) is 5.10 Å². The third-order valence-corrected chi connectivity index (χ3v) is 3.73. The first-order valence-electron chi connectivity index (χ1n) is 6.01. The van der Waals surface area contributed by atoms with Gasteiger partial charge in [0.2, 0.25) is 0 Å². The zero-order valence-corrected chi connectivity index (χ0v) is 10.8. The summed E-state index contributed by atoms with van der Waals surface area (Å²) in [5.41, 5.74) is 0. The van der Waals surface area contributed by atoms with Gasteiger partial charge in [-0.2, -0.15) is 5.10 Å². The molecular weight excluding hydrogens is 232 g/mol. The van der Waals surface area contributed by atoms with E-state index in [2.05, 4.69) is 44.9 Å². The van der Waals surface area contributed by atoms with Crippen LogP contribution in [0.2, 0.25) is 0 Å². The third-order valence-electron chi connectivity index (χ3n) is 2.74. The van der Waals surface area contributed by atoms with Crippen molar-refractivity contribution < 1.29 is 0 Å². The molecule has 5 heteroatoms. The Kier molecular flexibility index (Phi) is 4.70. The lowest BCUT2D eigenvalue weighted by atomic mass is 10.2. The van der Waals surface area contributed by atoms with E-state index in [9.17, 15) is 0 Å². The van der Waals surface area contributed by atoms with E-state index in [4.69, 9.17) is 0 Å². The molecule has 2 aromatic heterocycles. The van der Waals surface area contributed by atoms with Crippen molar-refractivity contribution in [3.8, 4) is 0 Å². The fourth-order valence-corrected chi connectivity index (χ4v) is 2.70. The summed E-state index contributed by atoms with van der Waals surface area (Å²) in [6, 6.07) is 4.80. The summed E-state index contributed by atoms with van der Waals surface area (Å²) in [4.78, 5) is 5.53. The van der Waals surface area contributed by atoms with Crippen molar-refractivity contribution in [2.75, 3.05) is 6.54 Å². The molecule has 2 aromatic rings. The number of nitrogens with zero attached hydrogens (tertiary/aromatic N) is 2. The minimum Gasteiger partial charge on any atom is -0.309 e. The van der Waals surface area contributed by atoms with Crippen molar-refractivity contribution in [1.82, 2.24) is 20.5 Å². The molecule has 0 saturated carbocycles. The van der Waals surface area contributed by atoms with Crippen LogP contribution in [0.3, 0.4) is 0 Å². The normalized spacial score (nSPS) is 12.8. The number of hydrogen-bond donors (Lipinski definition) is 2. The maximum Gasteiger partial charge on any atom is 0.137 e. The maximum atomic E-state index is 4.11. The first kappa shape index (κ1) is 12.3. The number of nitrogens with one attached hydrogen (secondary N) is 2. The highest BCUT2D eigenvalue weighted by atomic mass is 32.1. The largest absolute Gasteiger partial charge is 0.309 e. The Hall–Kier alpha value is -1.20. The van der Waals surface area contributed by atoms with Crippen LogP contribution in [0.5, 0.6) is 0 Å². The quantitative estimate of drug-likeness (QED) is 0.742. The lowest BCUT2D eigenvalue weighted by Gasteiger charge is -2.14. The molecule has 2 heterocycles. The number of aromatic nitrogens is 3. The van der Waals surface area contributed by atoms with E-state index in [1.54, 1.807) is 6.33 Å². The average molecular weight is 250 g/mol. The summed E-state index contributed by atoms with van der Waals surface area (Å²) in [6.07, 6.45) is 4.72. The van der Waals surface area contributed by atoms with Gasteiger partial charge in [-0.15, -0.1) is 11.3 Å². The molecule has 1 atom stereocenters. The lowest BCUT2D eigenvalue weighted by molar-refractivity contribution is 0.515. The van der Waals surface area contributed by atoms with Crippen LogP contribution < -0.4 is 5.32 Å². The van der Waals surface area contributed by atoms with E-state index in [0.29, 0.717) is 6.04 Å². The molecule has 0 saturated heterocycles. The van der Waals surface area contributed by atoms with Crippen molar-refractivity contribution in [1.29, 1.82) is 0 Å². The molecule has 2 rings (SSSR count). The van der Waals surface area contributed by atoms with E-state index in [0.717, 1.165) is 31.6 Å². The molecule has 92 valence electrons. The van der Waals surface area contributed by atoms with E-state index in [1.165, 1.54) is 4.88 Å². The van der Waals surface area contributed by atoms with Gasteiger partial charge < -0.3 is 5.32 Å². The number of hydrogen-bond acceptors (Lipinski definition) is 4. The average Bonchev–Trinajstić information content (AvgIpc) is 3.01. The third kappa shape index (κ3) is 3.64. The first-order valence-corrected chi connectivity index (χ1v) is 6.89. The molecule has 0 spiro atoms. The van der Waals surface area contributed by atoms with Crippen LogP contribution in [0.4, 0.5) is 0 Å². The van der Waals surface area contributed by atoms with Crippen LogP contribution in [-0.4, -0.2) is 21.7 Å². The zero-order chi connectivity index (χ0) is 11.9. The topological polar surface area (TPSA) is 53.6 Å². The molecule has 0 aliphatic rings. The van der Waals surface area contributed by atoms with Crippen molar-refractivity contribution in [3.63, 3.8) is 0 Å². The van der Waals surface area contributed by atoms with Crippen molar-refractivity contribution >= 4 is 11.3 Å². The van der Waals surface area contributed by atoms with E-state index < -0.39 is 0 Å². The van der Waals surface area contributed by atoms with Crippen LogP contribution in [-0.2, 0) is 6.42 Å². The summed E-state index contributed by atoms with van der Waals surface area (Å²) in [5, 5.41) is 12.4. The number of H-pyrrole nitrogens is 1. The Labute approximate surface area is 105 Å². The van der Waals surface area contributed by atoms with Gasteiger partial charge in [0.15, 0.2) is 0 Å². The molecule has 0 radical (unpaired) electrons. The Balaban J connectivity index is 1.70. The number of thiophene rings is 1. The summed E-state index contributed by atoms with van der Waals surface area (Å²) in [7, 11) is 0. The lowest BCUT2D eigenvalue weighted by Crippen LogP contribution is -2.21. The van der Waals surface area contributed by atoms with E-state index in [-0.39, 0.29) is 0 Å². The summed E-state index contributed by atoms with van der Waals surface area (Å²) in [5.74, 6) is 0.968.